The topological polar surface area (TPSA) is 71.5 Å². The summed E-state index contributed by atoms with van der Waals surface area (Å²) in [4.78, 5) is 37.4. The molecular formula is C22H43IN6O2. The number of aliphatic imine (C=N–C) groups is 1. The molecule has 8 nitrogen and oxygen atoms in total. The molecule has 0 aliphatic carbocycles. The van der Waals surface area contributed by atoms with Crippen LogP contribution in [-0.4, -0.2) is 110 Å². The van der Waals surface area contributed by atoms with E-state index in [2.05, 4.69) is 52.7 Å². The SMILES string of the molecule is CCC(C)NC(=NCC(=O)N(C)C)N1CCN(CC(=O)N2CC(C)CC(C)C2)CC1.I. The maximum atomic E-state index is 12.8. The molecule has 0 bridgehead atoms. The van der Waals surface area contributed by atoms with E-state index in [-0.39, 0.29) is 42.3 Å². The molecular weight excluding hydrogens is 507 g/mol. The van der Waals surface area contributed by atoms with E-state index in [1.54, 1.807) is 19.0 Å². The zero-order chi connectivity index (χ0) is 22.3. The number of carbonyl (C=O) groups is 2. The summed E-state index contributed by atoms with van der Waals surface area (Å²) in [6.45, 7) is 14.4. The lowest BCUT2D eigenvalue weighted by Gasteiger charge is -2.39. The van der Waals surface area contributed by atoms with Crippen molar-refractivity contribution in [1.82, 2.24) is 24.9 Å². The van der Waals surface area contributed by atoms with Gasteiger partial charge in [-0.2, -0.15) is 0 Å². The summed E-state index contributed by atoms with van der Waals surface area (Å²) in [7, 11) is 3.50. The minimum absolute atomic E-state index is 0. The fourth-order valence-corrected chi connectivity index (χ4v) is 4.12. The summed E-state index contributed by atoms with van der Waals surface area (Å²) in [6, 6.07) is 0.292. The van der Waals surface area contributed by atoms with Gasteiger partial charge in [-0.15, -0.1) is 24.0 Å². The van der Waals surface area contributed by atoms with Crippen LogP contribution in [0.1, 0.15) is 40.5 Å². The quantitative estimate of drug-likeness (QED) is 0.309. The second-order valence-electron chi connectivity index (χ2n) is 9.39. The molecule has 2 heterocycles. The Morgan fingerprint density at radius 2 is 1.65 bits per heavy atom. The Morgan fingerprint density at radius 1 is 1.06 bits per heavy atom. The van der Waals surface area contributed by atoms with Gasteiger partial charge in [0.15, 0.2) is 5.96 Å². The van der Waals surface area contributed by atoms with Crippen LogP contribution in [0.15, 0.2) is 4.99 Å². The van der Waals surface area contributed by atoms with Crippen LogP contribution in [0.25, 0.3) is 0 Å². The van der Waals surface area contributed by atoms with Crippen LogP contribution in [-0.2, 0) is 9.59 Å². The molecule has 3 unspecified atom stereocenters. The van der Waals surface area contributed by atoms with Gasteiger partial charge in [0.05, 0.1) is 6.54 Å². The molecule has 180 valence electrons. The zero-order valence-electron chi connectivity index (χ0n) is 20.3. The average Bonchev–Trinajstić information content (AvgIpc) is 2.70. The van der Waals surface area contributed by atoms with E-state index in [0.29, 0.717) is 24.4 Å². The predicted octanol–water partition coefficient (Wildman–Crippen LogP) is 1.56. The molecule has 2 aliphatic heterocycles. The first-order chi connectivity index (χ1) is 14.2. The summed E-state index contributed by atoms with van der Waals surface area (Å²) >= 11 is 0. The van der Waals surface area contributed by atoms with Gasteiger partial charge in [-0.1, -0.05) is 20.8 Å². The third-order valence-corrected chi connectivity index (χ3v) is 6.10. The number of likely N-dealkylation sites (N-methyl/N-ethyl adjacent to an activating group) is 1. The monoisotopic (exact) mass is 550 g/mol. The molecule has 0 aromatic carbocycles. The van der Waals surface area contributed by atoms with E-state index < -0.39 is 0 Å². The highest BCUT2D eigenvalue weighted by molar-refractivity contribution is 14.0. The summed E-state index contributed by atoms with van der Waals surface area (Å²) in [5.74, 6) is 2.22. The molecule has 0 radical (unpaired) electrons. The summed E-state index contributed by atoms with van der Waals surface area (Å²) in [5, 5.41) is 3.46. The van der Waals surface area contributed by atoms with Gasteiger partial charge in [0.1, 0.15) is 6.54 Å². The highest BCUT2D eigenvalue weighted by Gasteiger charge is 2.28. The van der Waals surface area contributed by atoms with Crippen LogP contribution in [0, 0.1) is 11.8 Å². The highest BCUT2D eigenvalue weighted by Crippen LogP contribution is 2.21. The Bertz CT molecular complexity index is 597. The number of hydrogen-bond donors (Lipinski definition) is 1. The summed E-state index contributed by atoms with van der Waals surface area (Å²) < 4.78 is 0. The molecule has 2 amide bonds. The molecule has 9 heteroatoms. The van der Waals surface area contributed by atoms with Gasteiger partial charge in [0.25, 0.3) is 0 Å². The molecule has 1 N–H and O–H groups in total. The molecule has 0 saturated carbocycles. The van der Waals surface area contributed by atoms with Crippen molar-refractivity contribution in [2.24, 2.45) is 16.8 Å². The number of amides is 2. The molecule has 31 heavy (non-hydrogen) atoms. The number of nitrogens with one attached hydrogen (secondary N) is 1. The molecule has 3 atom stereocenters. The lowest BCUT2D eigenvalue weighted by Crippen LogP contribution is -2.56. The van der Waals surface area contributed by atoms with Crippen molar-refractivity contribution in [2.75, 3.05) is 66.5 Å². The Hall–Kier alpha value is -1.10. The fourth-order valence-electron chi connectivity index (χ4n) is 4.12. The maximum Gasteiger partial charge on any atom is 0.243 e. The van der Waals surface area contributed by atoms with Crippen molar-refractivity contribution in [3.8, 4) is 0 Å². The van der Waals surface area contributed by atoms with Gasteiger partial charge in [0.2, 0.25) is 11.8 Å². The lowest BCUT2D eigenvalue weighted by molar-refractivity contribution is -0.135. The Kier molecular flexibility index (Phi) is 12.1. The van der Waals surface area contributed by atoms with Crippen LogP contribution in [0.4, 0.5) is 0 Å². The van der Waals surface area contributed by atoms with Crippen molar-refractivity contribution in [3.63, 3.8) is 0 Å². The molecule has 0 aromatic rings. The van der Waals surface area contributed by atoms with Gasteiger partial charge in [-0.05, 0) is 31.6 Å². The second-order valence-corrected chi connectivity index (χ2v) is 9.39. The number of halogens is 1. The molecule has 2 fully saturated rings. The van der Waals surface area contributed by atoms with Gasteiger partial charge < -0.3 is 20.0 Å². The number of rotatable bonds is 6. The third-order valence-electron chi connectivity index (χ3n) is 6.10. The Labute approximate surface area is 205 Å². The standard InChI is InChI=1S/C22H42N6O2.HI/c1-7-19(4)24-22(23-13-20(29)25(5)6)27-10-8-26(9-11-27)16-21(30)28-14-17(2)12-18(3)15-28;/h17-19H,7-16H2,1-6H3,(H,23,24);1H. The lowest BCUT2D eigenvalue weighted by atomic mass is 9.92. The molecule has 2 rings (SSSR count). The van der Waals surface area contributed by atoms with Crippen LogP contribution in [0.2, 0.25) is 0 Å². The maximum absolute atomic E-state index is 12.8. The highest BCUT2D eigenvalue weighted by atomic mass is 127. The van der Waals surface area contributed by atoms with Crippen LogP contribution < -0.4 is 5.32 Å². The number of carbonyl (C=O) groups excluding carboxylic acids is 2. The number of likely N-dealkylation sites (tertiary alicyclic amines) is 1. The first-order valence-electron chi connectivity index (χ1n) is 11.5. The van der Waals surface area contributed by atoms with Gasteiger partial charge in [-0.25, -0.2) is 4.99 Å². The smallest absolute Gasteiger partial charge is 0.243 e. The third kappa shape index (κ3) is 9.11. The fraction of sp³-hybridized carbons (Fsp3) is 0.864. The summed E-state index contributed by atoms with van der Waals surface area (Å²) in [6.07, 6.45) is 2.20. The Balaban J connectivity index is 0.00000480. The number of piperidine rings is 1. The molecule has 2 saturated heterocycles. The van der Waals surface area contributed by atoms with Gasteiger partial charge >= 0.3 is 0 Å². The number of piperazine rings is 1. The predicted molar refractivity (Wildman–Crippen MR) is 137 cm³/mol. The number of guanidine groups is 1. The van der Waals surface area contributed by atoms with Gasteiger partial charge in [0, 0.05) is 59.4 Å². The minimum atomic E-state index is -0.00678. The van der Waals surface area contributed by atoms with Gasteiger partial charge in [-0.3, -0.25) is 14.5 Å². The van der Waals surface area contributed by atoms with Crippen LogP contribution >= 0.6 is 24.0 Å². The van der Waals surface area contributed by atoms with E-state index >= 15 is 0 Å². The van der Waals surface area contributed by atoms with Crippen molar-refractivity contribution < 1.29 is 9.59 Å². The number of nitrogens with zero attached hydrogens (tertiary/aromatic N) is 5. The van der Waals surface area contributed by atoms with Crippen molar-refractivity contribution >= 4 is 41.8 Å². The van der Waals surface area contributed by atoms with Crippen molar-refractivity contribution in [2.45, 2.75) is 46.6 Å². The van der Waals surface area contributed by atoms with Crippen molar-refractivity contribution in [1.29, 1.82) is 0 Å². The van der Waals surface area contributed by atoms with E-state index in [9.17, 15) is 9.59 Å². The Morgan fingerprint density at radius 3 is 2.16 bits per heavy atom. The summed E-state index contributed by atoms with van der Waals surface area (Å²) in [5.41, 5.74) is 0. The zero-order valence-corrected chi connectivity index (χ0v) is 22.6. The van der Waals surface area contributed by atoms with E-state index in [1.807, 2.05) is 0 Å². The molecule has 0 spiro atoms. The average molecular weight is 551 g/mol. The van der Waals surface area contributed by atoms with Crippen LogP contribution in [0.3, 0.4) is 0 Å². The molecule has 0 aromatic heterocycles. The first-order valence-corrected chi connectivity index (χ1v) is 11.5. The normalized spacial score (nSPS) is 23.7. The number of hydrogen-bond acceptors (Lipinski definition) is 4. The largest absolute Gasteiger partial charge is 0.354 e. The van der Waals surface area contributed by atoms with Crippen LogP contribution in [0.5, 0.6) is 0 Å². The first kappa shape index (κ1) is 27.9. The van der Waals surface area contributed by atoms with Crippen molar-refractivity contribution in [3.05, 3.63) is 0 Å². The second kappa shape index (κ2) is 13.4. The minimum Gasteiger partial charge on any atom is -0.354 e. The van der Waals surface area contributed by atoms with E-state index in [4.69, 9.17) is 0 Å². The molecule has 2 aliphatic rings. The van der Waals surface area contributed by atoms with E-state index in [1.165, 1.54) is 6.42 Å². The van der Waals surface area contributed by atoms with E-state index in [0.717, 1.165) is 51.6 Å².